The van der Waals surface area contributed by atoms with Crippen LogP contribution in [-0.4, -0.2) is 30.1 Å². The molecule has 0 saturated carbocycles. The van der Waals surface area contributed by atoms with E-state index < -0.39 is 17.8 Å². The fraction of sp³-hybridized carbons (Fsp3) is 0.0800. The Morgan fingerprint density at radius 1 is 1.03 bits per heavy atom. The van der Waals surface area contributed by atoms with Gasteiger partial charge in [0.1, 0.15) is 29.4 Å². The molecule has 34 heavy (non-hydrogen) atoms. The van der Waals surface area contributed by atoms with E-state index in [4.69, 9.17) is 21.1 Å². The molecule has 1 aliphatic rings. The Kier molecular flexibility index (Phi) is 6.51. The zero-order valence-electron chi connectivity index (χ0n) is 17.9. The Bertz CT molecular complexity index is 1300. The zero-order valence-corrected chi connectivity index (χ0v) is 18.7. The van der Waals surface area contributed by atoms with Gasteiger partial charge in [-0.05, 0) is 48.5 Å². The molecule has 2 N–H and O–H groups in total. The number of aromatic hydroxyl groups is 1. The van der Waals surface area contributed by atoms with Crippen molar-refractivity contribution >= 4 is 41.2 Å². The summed E-state index contributed by atoms with van der Waals surface area (Å²) in [6.07, 6.45) is 1.35. The van der Waals surface area contributed by atoms with Crippen LogP contribution < -0.4 is 19.7 Å². The second kappa shape index (κ2) is 9.68. The summed E-state index contributed by atoms with van der Waals surface area (Å²) in [5.74, 6) is -0.818. The molecule has 1 fully saturated rings. The normalized spacial score (nSPS) is 14.8. The number of halogens is 1. The van der Waals surface area contributed by atoms with Gasteiger partial charge in [-0.3, -0.25) is 14.9 Å². The third-order valence-electron chi connectivity index (χ3n) is 5.07. The summed E-state index contributed by atoms with van der Waals surface area (Å²) in [6, 6.07) is 16.7. The molecule has 3 aromatic rings. The number of anilines is 1. The lowest BCUT2D eigenvalue weighted by Gasteiger charge is -2.26. The fourth-order valence-electron chi connectivity index (χ4n) is 3.31. The smallest absolute Gasteiger partial charge is 0.335 e. The highest BCUT2D eigenvalue weighted by Crippen LogP contribution is 2.30. The number of rotatable bonds is 6. The maximum absolute atomic E-state index is 13.1. The Morgan fingerprint density at radius 3 is 2.47 bits per heavy atom. The zero-order chi connectivity index (χ0) is 24.2. The van der Waals surface area contributed by atoms with Gasteiger partial charge in [-0.25, -0.2) is 9.69 Å². The Morgan fingerprint density at radius 2 is 1.76 bits per heavy atom. The molecule has 1 heterocycles. The van der Waals surface area contributed by atoms with E-state index >= 15 is 0 Å². The third-order valence-corrected chi connectivity index (χ3v) is 5.44. The van der Waals surface area contributed by atoms with Crippen molar-refractivity contribution in [3.05, 3.63) is 88.5 Å². The van der Waals surface area contributed by atoms with Crippen molar-refractivity contribution in [2.75, 3.05) is 12.0 Å². The first-order valence-electron chi connectivity index (χ1n) is 10.1. The van der Waals surface area contributed by atoms with E-state index in [1.165, 1.54) is 37.5 Å². The van der Waals surface area contributed by atoms with Gasteiger partial charge >= 0.3 is 6.03 Å². The molecule has 172 valence electrons. The Labute approximate surface area is 200 Å². The maximum atomic E-state index is 13.1. The van der Waals surface area contributed by atoms with Crippen molar-refractivity contribution in [3.63, 3.8) is 0 Å². The number of benzene rings is 3. The maximum Gasteiger partial charge on any atom is 0.335 e. The second-order valence-electron chi connectivity index (χ2n) is 7.26. The number of hydrogen-bond acceptors (Lipinski definition) is 6. The standard InChI is InChI=1S/C25H19ClN2O6/c1-33-19-11-6-15(22(13-19)34-14-16-4-2-3-5-21(16)26)12-20-23(30)27-25(32)28(24(20)31)17-7-9-18(29)10-8-17/h2-13,29H,14H2,1H3,(H,27,30,32)/b20-12+. The number of barbiturate groups is 1. The van der Waals surface area contributed by atoms with Gasteiger partial charge in [-0.15, -0.1) is 0 Å². The molecule has 0 radical (unpaired) electrons. The van der Waals surface area contributed by atoms with Gasteiger partial charge in [0, 0.05) is 22.2 Å². The molecule has 1 saturated heterocycles. The second-order valence-corrected chi connectivity index (χ2v) is 7.67. The highest BCUT2D eigenvalue weighted by molar-refractivity contribution is 6.39. The van der Waals surface area contributed by atoms with E-state index in [-0.39, 0.29) is 23.6 Å². The minimum absolute atomic E-state index is 0.0287. The van der Waals surface area contributed by atoms with E-state index in [0.717, 1.165) is 10.5 Å². The number of carbonyl (C=O) groups excluding carboxylic acids is 3. The molecule has 3 aromatic carbocycles. The van der Waals surface area contributed by atoms with E-state index in [1.54, 1.807) is 24.3 Å². The molecule has 4 rings (SSSR count). The fourth-order valence-corrected chi connectivity index (χ4v) is 3.50. The Hall–Kier alpha value is -4.30. The average molecular weight is 479 g/mol. The SMILES string of the molecule is COc1ccc(/C=C2\C(=O)NC(=O)N(c3ccc(O)cc3)C2=O)c(OCc2ccccc2Cl)c1. The van der Waals surface area contributed by atoms with Crippen LogP contribution >= 0.6 is 11.6 Å². The lowest BCUT2D eigenvalue weighted by Crippen LogP contribution is -2.54. The largest absolute Gasteiger partial charge is 0.508 e. The predicted molar refractivity (Wildman–Crippen MR) is 126 cm³/mol. The van der Waals surface area contributed by atoms with E-state index in [9.17, 15) is 19.5 Å². The van der Waals surface area contributed by atoms with Crippen LogP contribution in [0.25, 0.3) is 6.08 Å². The first-order chi connectivity index (χ1) is 16.4. The molecular formula is C25H19ClN2O6. The number of urea groups is 1. The van der Waals surface area contributed by atoms with Gasteiger partial charge in [0.15, 0.2) is 0 Å². The quantitative estimate of drug-likeness (QED) is 0.404. The van der Waals surface area contributed by atoms with Crippen LogP contribution in [-0.2, 0) is 16.2 Å². The van der Waals surface area contributed by atoms with Crippen LogP contribution in [0.15, 0.2) is 72.3 Å². The molecule has 8 nitrogen and oxygen atoms in total. The number of carbonyl (C=O) groups is 3. The van der Waals surface area contributed by atoms with Gasteiger partial charge in [0.2, 0.25) is 0 Å². The summed E-state index contributed by atoms with van der Waals surface area (Å²) < 4.78 is 11.2. The van der Waals surface area contributed by atoms with Gasteiger partial charge in [-0.2, -0.15) is 0 Å². The number of nitrogens with one attached hydrogen (secondary N) is 1. The van der Waals surface area contributed by atoms with Crippen molar-refractivity contribution in [2.45, 2.75) is 6.61 Å². The summed E-state index contributed by atoms with van der Waals surface area (Å²) in [6.45, 7) is 0.140. The highest BCUT2D eigenvalue weighted by atomic mass is 35.5. The van der Waals surface area contributed by atoms with Crippen molar-refractivity contribution in [1.82, 2.24) is 5.32 Å². The lowest BCUT2D eigenvalue weighted by molar-refractivity contribution is -0.122. The van der Waals surface area contributed by atoms with Gasteiger partial charge < -0.3 is 14.6 Å². The molecule has 0 atom stereocenters. The van der Waals surface area contributed by atoms with Gasteiger partial charge in [0.05, 0.1) is 12.8 Å². The topological polar surface area (TPSA) is 105 Å². The van der Waals surface area contributed by atoms with Crippen LogP contribution in [0.3, 0.4) is 0 Å². The number of imide groups is 2. The minimum atomic E-state index is -0.886. The molecule has 0 unspecified atom stereocenters. The monoisotopic (exact) mass is 478 g/mol. The molecule has 4 amide bonds. The van der Waals surface area contributed by atoms with Crippen molar-refractivity contribution in [2.24, 2.45) is 0 Å². The lowest BCUT2D eigenvalue weighted by atomic mass is 10.1. The summed E-state index contributed by atoms with van der Waals surface area (Å²) in [7, 11) is 1.50. The Balaban J connectivity index is 1.69. The van der Waals surface area contributed by atoms with E-state index in [1.807, 2.05) is 18.2 Å². The third kappa shape index (κ3) is 4.72. The summed E-state index contributed by atoms with van der Waals surface area (Å²) >= 11 is 6.21. The molecule has 9 heteroatoms. The number of nitrogens with zero attached hydrogens (tertiary/aromatic N) is 1. The summed E-state index contributed by atoms with van der Waals surface area (Å²) in [5, 5.41) is 12.2. The molecule has 0 aromatic heterocycles. The number of ether oxygens (including phenoxy) is 2. The molecular weight excluding hydrogens is 460 g/mol. The van der Waals surface area contributed by atoms with Crippen LogP contribution in [0, 0.1) is 0 Å². The first kappa shape index (κ1) is 22.9. The van der Waals surface area contributed by atoms with Crippen LogP contribution in [0.1, 0.15) is 11.1 Å². The average Bonchev–Trinajstić information content (AvgIpc) is 2.82. The summed E-state index contributed by atoms with van der Waals surface area (Å²) in [4.78, 5) is 38.9. The number of hydrogen-bond donors (Lipinski definition) is 2. The van der Waals surface area contributed by atoms with E-state index in [0.29, 0.717) is 22.1 Å². The number of phenols is 1. The number of methoxy groups -OCH3 is 1. The first-order valence-corrected chi connectivity index (χ1v) is 10.5. The van der Waals surface area contributed by atoms with Crippen LogP contribution in [0.2, 0.25) is 5.02 Å². The number of amides is 4. The summed E-state index contributed by atoms with van der Waals surface area (Å²) in [5.41, 5.74) is 1.11. The minimum Gasteiger partial charge on any atom is -0.508 e. The molecule has 0 bridgehead atoms. The van der Waals surface area contributed by atoms with Crippen molar-refractivity contribution in [3.8, 4) is 17.2 Å². The molecule has 0 spiro atoms. The number of phenolic OH excluding ortho intramolecular Hbond substituents is 1. The van der Waals surface area contributed by atoms with E-state index in [2.05, 4.69) is 5.32 Å². The van der Waals surface area contributed by atoms with Crippen molar-refractivity contribution in [1.29, 1.82) is 0 Å². The molecule has 1 aliphatic heterocycles. The van der Waals surface area contributed by atoms with Gasteiger partial charge in [-0.1, -0.05) is 29.8 Å². The van der Waals surface area contributed by atoms with Crippen LogP contribution in [0.4, 0.5) is 10.5 Å². The highest BCUT2D eigenvalue weighted by Gasteiger charge is 2.37. The van der Waals surface area contributed by atoms with Crippen LogP contribution in [0.5, 0.6) is 17.2 Å². The van der Waals surface area contributed by atoms with Crippen molar-refractivity contribution < 1.29 is 29.0 Å². The van der Waals surface area contributed by atoms with Gasteiger partial charge in [0.25, 0.3) is 11.8 Å². The molecule has 0 aliphatic carbocycles. The predicted octanol–water partition coefficient (Wildman–Crippen LogP) is 4.30.